The van der Waals surface area contributed by atoms with E-state index in [4.69, 9.17) is 14.7 Å². The quantitative estimate of drug-likeness (QED) is 0.240. The predicted molar refractivity (Wildman–Crippen MR) is 168 cm³/mol. The normalized spacial score (nSPS) is 14.1. The first-order chi connectivity index (χ1) is 19.3. The van der Waals surface area contributed by atoms with Crippen molar-refractivity contribution in [3.63, 3.8) is 0 Å². The van der Waals surface area contributed by atoms with Crippen LogP contribution in [0.4, 0.5) is 0 Å². The lowest BCUT2D eigenvalue weighted by Crippen LogP contribution is -2.33. The molecule has 4 nitrogen and oxygen atoms in total. The lowest BCUT2D eigenvalue weighted by atomic mass is 9.81. The summed E-state index contributed by atoms with van der Waals surface area (Å²) in [6.45, 7) is 15.4. The predicted octanol–water partition coefficient (Wildman–Crippen LogP) is 9.57. The number of ether oxygens (including phenoxy) is 1. The van der Waals surface area contributed by atoms with Crippen LogP contribution in [0.1, 0.15) is 66.0 Å². The molecule has 0 saturated heterocycles. The molecule has 4 heteroatoms. The fourth-order valence-electron chi connectivity index (χ4n) is 6.76. The van der Waals surface area contributed by atoms with Crippen LogP contribution in [0.3, 0.4) is 0 Å². The Kier molecular flexibility index (Phi) is 6.22. The van der Waals surface area contributed by atoms with Crippen molar-refractivity contribution >= 4 is 10.8 Å². The van der Waals surface area contributed by atoms with Crippen molar-refractivity contribution in [1.82, 2.24) is 9.97 Å². The molecule has 1 heterocycles. The molecule has 1 aromatic heterocycles. The van der Waals surface area contributed by atoms with E-state index in [0.29, 0.717) is 17.3 Å². The zero-order valence-electron chi connectivity index (χ0n) is 25.0. The maximum atomic E-state index is 10.7. The molecule has 6 rings (SSSR count). The topological polar surface area (TPSA) is 55.2 Å². The first kappa shape index (κ1) is 27.0. The van der Waals surface area contributed by atoms with Gasteiger partial charge >= 0.3 is 0 Å². The molecule has 0 amide bonds. The molecule has 0 radical (unpaired) electrons. The van der Waals surface area contributed by atoms with E-state index < -0.39 is 5.60 Å². The van der Waals surface area contributed by atoms with E-state index in [0.717, 1.165) is 23.1 Å². The molecule has 1 aliphatic carbocycles. The Morgan fingerprint density at radius 2 is 1.34 bits per heavy atom. The molecule has 1 N–H and O–H groups in total. The highest BCUT2D eigenvalue weighted by Crippen LogP contribution is 2.53. The number of nitrogens with zero attached hydrogens (tertiary/aromatic N) is 2. The summed E-state index contributed by atoms with van der Waals surface area (Å²) in [4.78, 5) is 9.89. The molecule has 4 aromatic carbocycles. The Hall–Kier alpha value is -4.18. The highest BCUT2D eigenvalue weighted by atomic mass is 16.5. The molecule has 41 heavy (non-hydrogen) atoms. The number of hydrogen-bond donors (Lipinski definition) is 1. The molecular formula is C37H38N2O2. The van der Waals surface area contributed by atoms with Crippen LogP contribution in [0.25, 0.3) is 44.5 Å². The van der Waals surface area contributed by atoms with Gasteiger partial charge in [-0.05, 0) is 76.9 Å². The second-order valence-electron chi connectivity index (χ2n) is 13.6. The largest absolute Gasteiger partial charge is 0.507 e. The fraction of sp³-hybridized carbons (Fsp3) is 0.297. The average Bonchev–Trinajstić information content (AvgIpc) is 3.13. The highest BCUT2D eigenvalue weighted by molar-refractivity contribution is 6.08. The fourth-order valence-corrected chi connectivity index (χ4v) is 6.76. The smallest absolute Gasteiger partial charge is 0.218 e. The van der Waals surface area contributed by atoms with Crippen molar-refractivity contribution in [3.8, 4) is 45.4 Å². The Morgan fingerprint density at radius 3 is 2.05 bits per heavy atom. The summed E-state index contributed by atoms with van der Waals surface area (Å²) in [6, 6.07) is 28.8. The minimum Gasteiger partial charge on any atom is -0.507 e. The zero-order valence-corrected chi connectivity index (χ0v) is 25.0. The number of fused-ring (bicyclic) bond motifs is 5. The molecular weight excluding hydrogens is 504 g/mol. The van der Waals surface area contributed by atoms with E-state index in [9.17, 15) is 5.11 Å². The molecule has 0 bridgehead atoms. The third-order valence-electron chi connectivity index (χ3n) is 8.05. The Labute approximate surface area is 243 Å². The van der Waals surface area contributed by atoms with Crippen LogP contribution in [0.5, 0.6) is 11.6 Å². The monoisotopic (exact) mass is 542 g/mol. The Bertz CT molecular complexity index is 1790. The Balaban J connectivity index is 1.60. The second kappa shape index (κ2) is 9.44. The van der Waals surface area contributed by atoms with Gasteiger partial charge in [-0.2, -0.15) is 4.98 Å². The van der Waals surface area contributed by atoms with Gasteiger partial charge in [-0.3, -0.25) is 0 Å². The lowest BCUT2D eigenvalue weighted by Gasteiger charge is -2.32. The van der Waals surface area contributed by atoms with Crippen molar-refractivity contribution in [2.75, 3.05) is 0 Å². The van der Waals surface area contributed by atoms with Gasteiger partial charge in [0.15, 0.2) is 5.82 Å². The van der Waals surface area contributed by atoms with Crippen molar-refractivity contribution in [3.05, 3.63) is 96.1 Å². The standard InChI is InChI=1S/C37H38N2O2/c1-35(2,3)22-36(4,5)41-32-21-30(38-34(39-32)26-17-11-13-19-31(26)40)27-20-29-33(24-15-9-8-14-23(24)27)25-16-10-12-18-28(25)37(29,6)7/h8-21,40H,22H2,1-7H3. The molecule has 0 aliphatic heterocycles. The number of phenolic OH excluding ortho intramolecular Hbond substituents is 1. The number of benzene rings is 4. The van der Waals surface area contributed by atoms with E-state index in [1.54, 1.807) is 12.1 Å². The minimum absolute atomic E-state index is 0.0800. The highest BCUT2D eigenvalue weighted by Gasteiger charge is 2.37. The maximum absolute atomic E-state index is 10.7. The molecule has 0 unspecified atom stereocenters. The zero-order chi connectivity index (χ0) is 29.2. The van der Waals surface area contributed by atoms with Gasteiger partial charge in [-0.25, -0.2) is 4.98 Å². The SMILES string of the molecule is CC(C)(C)CC(C)(C)Oc1cc(-c2cc3c(c4ccccc24)-c2ccccc2C3(C)C)nc(-c2ccccc2O)n1. The van der Waals surface area contributed by atoms with Gasteiger partial charge < -0.3 is 9.84 Å². The molecule has 208 valence electrons. The molecule has 5 aromatic rings. The van der Waals surface area contributed by atoms with Crippen LogP contribution in [0, 0.1) is 5.41 Å². The van der Waals surface area contributed by atoms with Crippen LogP contribution < -0.4 is 4.74 Å². The second-order valence-corrected chi connectivity index (χ2v) is 13.6. The summed E-state index contributed by atoms with van der Waals surface area (Å²) >= 11 is 0. The lowest BCUT2D eigenvalue weighted by molar-refractivity contribution is 0.0576. The summed E-state index contributed by atoms with van der Waals surface area (Å²) in [5, 5.41) is 13.1. The van der Waals surface area contributed by atoms with E-state index in [1.165, 1.54) is 27.6 Å². The molecule has 0 saturated carbocycles. The number of rotatable bonds is 5. The number of para-hydroxylation sites is 1. The first-order valence-electron chi connectivity index (χ1n) is 14.4. The summed E-state index contributed by atoms with van der Waals surface area (Å²) in [5.74, 6) is 1.07. The van der Waals surface area contributed by atoms with Gasteiger partial charge in [0.05, 0.1) is 11.3 Å². The van der Waals surface area contributed by atoms with Gasteiger partial charge in [-0.1, -0.05) is 95.3 Å². The first-order valence-corrected chi connectivity index (χ1v) is 14.4. The van der Waals surface area contributed by atoms with Gasteiger partial charge in [0.2, 0.25) is 5.88 Å². The molecule has 0 spiro atoms. The number of hydrogen-bond acceptors (Lipinski definition) is 4. The summed E-state index contributed by atoms with van der Waals surface area (Å²) in [7, 11) is 0. The van der Waals surface area contributed by atoms with Gasteiger partial charge in [0.25, 0.3) is 0 Å². The molecule has 0 atom stereocenters. The molecule has 0 fully saturated rings. The van der Waals surface area contributed by atoms with E-state index >= 15 is 0 Å². The Morgan fingerprint density at radius 1 is 0.707 bits per heavy atom. The van der Waals surface area contributed by atoms with Gasteiger partial charge in [0, 0.05) is 17.0 Å². The molecule has 1 aliphatic rings. The van der Waals surface area contributed by atoms with Gasteiger partial charge in [0.1, 0.15) is 11.4 Å². The van der Waals surface area contributed by atoms with Crippen molar-refractivity contribution in [2.45, 2.75) is 65.9 Å². The third-order valence-corrected chi connectivity index (χ3v) is 8.05. The third kappa shape index (κ3) is 4.86. The van der Waals surface area contributed by atoms with E-state index in [1.807, 2.05) is 18.2 Å². The van der Waals surface area contributed by atoms with Crippen LogP contribution in [0.15, 0.2) is 84.9 Å². The number of aromatic hydroxyl groups is 1. The van der Waals surface area contributed by atoms with Crippen LogP contribution >= 0.6 is 0 Å². The van der Waals surface area contributed by atoms with Crippen molar-refractivity contribution in [2.24, 2.45) is 5.41 Å². The minimum atomic E-state index is -0.455. The van der Waals surface area contributed by atoms with Crippen molar-refractivity contribution in [1.29, 1.82) is 0 Å². The summed E-state index contributed by atoms with van der Waals surface area (Å²) < 4.78 is 6.61. The van der Waals surface area contributed by atoms with E-state index in [-0.39, 0.29) is 16.6 Å². The van der Waals surface area contributed by atoms with E-state index in [2.05, 4.69) is 103 Å². The maximum Gasteiger partial charge on any atom is 0.218 e. The van der Waals surface area contributed by atoms with Gasteiger partial charge in [-0.15, -0.1) is 0 Å². The van der Waals surface area contributed by atoms with Crippen LogP contribution in [0.2, 0.25) is 0 Å². The number of aromatic nitrogens is 2. The number of phenols is 1. The summed E-state index contributed by atoms with van der Waals surface area (Å²) in [6.07, 6.45) is 0.847. The van der Waals surface area contributed by atoms with Crippen molar-refractivity contribution < 1.29 is 9.84 Å². The van der Waals surface area contributed by atoms with Crippen LogP contribution in [-0.4, -0.2) is 20.7 Å². The van der Waals surface area contributed by atoms with Crippen LogP contribution in [-0.2, 0) is 5.41 Å². The summed E-state index contributed by atoms with van der Waals surface area (Å²) in [5.41, 5.74) is 7.04. The average molecular weight is 543 g/mol.